The molecule has 0 amide bonds. The fourth-order valence-corrected chi connectivity index (χ4v) is 2.49. The van der Waals surface area contributed by atoms with E-state index in [9.17, 15) is 18.4 Å². The average Bonchev–Trinajstić information content (AvgIpc) is 3.13. The molecule has 5 nitrogen and oxygen atoms in total. The Balaban J connectivity index is 2.35. The summed E-state index contributed by atoms with van der Waals surface area (Å²) in [6, 6.07) is 1.53. The third kappa shape index (κ3) is 2.23. The van der Waals surface area contributed by atoms with E-state index in [2.05, 4.69) is 4.74 Å². The van der Waals surface area contributed by atoms with Crippen LogP contribution < -0.4 is 10.2 Å². The molecule has 0 saturated heterocycles. The van der Waals surface area contributed by atoms with Crippen LogP contribution in [0.4, 0.5) is 13.6 Å². The van der Waals surface area contributed by atoms with E-state index >= 15 is 0 Å². The summed E-state index contributed by atoms with van der Waals surface area (Å²) in [5, 5.41) is 8.29. The van der Waals surface area contributed by atoms with Crippen LogP contribution in [-0.2, 0) is 0 Å². The highest BCUT2D eigenvalue weighted by Crippen LogP contribution is 2.42. The molecule has 1 heterocycles. The number of nitrogens with zero attached hydrogens (tertiary/aromatic N) is 1. The maximum Gasteiger partial charge on any atom is 0.511 e. The average molecular weight is 316 g/mol. The van der Waals surface area contributed by atoms with Gasteiger partial charge in [-0.1, -0.05) is 11.6 Å². The van der Waals surface area contributed by atoms with E-state index in [-0.39, 0.29) is 22.3 Å². The van der Waals surface area contributed by atoms with Crippen molar-refractivity contribution in [2.24, 2.45) is 0 Å². The Labute approximate surface area is 121 Å². The van der Waals surface area contributed by atoms with Crippen LogP contribution in [0.25, 0.3) is 10.9 Å². The van der Waals surface area contributed by atoms with Gasteiger partial charge in [0.1, 0.15) is 17.0 Å². The van der Waals surface area contributed by atoms with Gasteiger partial charge in [0.25, 0.3) is 0 Å². The summed E-state index contributed by atoms with van der Waals surface area (Å²) in [5.74, 6) is -1.22. The highest BCUT2D eigenvalue weighted by atomic mass is 35.5. The van der Waals surface area contributed by atoms with Crippen LogP contribution >= 0.6 is 11.6 Å². The maximum atomic E-state index is 13.6. The van der Waals surface area contributed by atoms with Gasteiger partial charge in [-0.3, -0.25) is 4.79 Å². The zero-order chi connectivity index (χ0) is 15.3. The van der Waals surface area contributed by atoms with Gasteiger partial charge in [-0.2, -0.15) is 0 Å². The number of rotatable bonds is 2. The lowest BCUT2D eigenvalue weighted by Crippen LogP contribution is -2.16. The number of hydrogen-bond acceptors (Lipinski definition) is 3. The molecular weight excluding hydrogens is 308 g/mol. The summed E-state index contributed by atoms with van der Waals surface area (Å²) in [4.78, 5) is 22.7. The first-order valence-electron chi connectivity index (χ1n) is 5.98. The number of alkyl halides is 1. The summed E-state index contributed by atoms with van der Waals surface area (Å²) in [5.41, 5.74) is -0.717. The number of benzene rings is 1. The van der Waals surface area contributed by atoms with Crippen molar-refractivity contribution >= 4 is 28.7 Å². The maximum absolute atomic E-state index is 13.6. The molecule has 0 spiro atoms. The number of fused-ring (bicyclic) bond motifs is 1. The van der Waals surface area contributed by atoms with Gasteiger partial charge in [-0.05, 0) is 12.1 Å². The molecular formula is C13H8ClF2NO4. The van der Waals surface area contributed by atoms with Crippen LogP contribution in [0.2, 0.25) is 5.02 Å². The summed E-state index contributed by atoms with van der Waals surface area (Å²) in [7, 11) is 0. The fourth-order valence-electron chi connectivity index (χ4n) is 2.23. The second-order valence-electron chi connectivity index (χ2n) is 4.67. The third-order valence-corrected chi connectivity index (χ3v) is 3.65. The number of carboxylic acid groups (broad SMARTS) is 1. The van der Waals surface area contributed by atoms with Crippen LogP contribution in [0.3, 0.4) is 0 Å². The van der Waals surface area contributed by atoms with E-state index in [0.29, 0.717) is 0 Å². The lowest BCUT2D eigenvalue weighted by Gasteiger charge is -2.13. The first kappa shape index (κ1) is 13.8. The number of halogens is 3. The molecule has 1 N–H and O–H groups in total. The van der Waals surface area contributed by atoms with Crippen molar-refractivity contribution in [3.8, 4) is 5.75 Å². The van der Waals surface area contributed by atoms with E-state index in [1.807, 2.05) is 0 Å². The molecule has 1 fully saturated rings. The second kappa shape index (κ2) is 4.70. The van der Waals surface area contributed by atoms with Crippen molar-refractivity contribution in [2.75, 3.05) is 0 Å². The predicted molar refractivity (Wildman–Crippen MR) is 70.4 cm³/mol. The van der Waals surface area contributed by atoms with E-state index in [0.717, 1.165) is 12.3 Å². The summed E-state index contributed by atoms with van der Waals surface area (Å²) in [6.45, 7) is 0. The highest BCUT2D eigenvalue weighted by molar-refractivity contribution is 6.35. The topological polar surface area (TPSA) is 68.5 Å². The number of pyridine rings is 1. The Morgan fingerprint density at radius 1 is 1.48 bits per heavy atom. The van der Waals surface area contributed by atoms with Crippen LogP contribution in [0.15, 0.2) is 23.1 Å². The minimum Gasteiger partial charge on any atom is -0.449 e. The van der Waals surface area contributed by atoms with Gasteiger partial charge in [-0.15, -0.1) is 0 Å². The zero-order valence-electron chi connectivity index (χ0n) is 10.3. The fraction of sp³-hybridized carbons (Fsp3) is 0.231. The number of hydrogen-bond donors (Lipinski definition) is 1. The lowest BCUT2D eigenvalue weighted by molar-refractivity contribution is 0.143. The van der Waals surface area contributed by atoms with Crippen LogP contribution in [0.1, 0.15) is 12.5 Å². The van der Waals surface area contributed by atoms with Crippen molar-refractivity contribution < 1.29 is 23.4 Å². The van der Waals surface area contributed by atoms with Gasteiger partial charge >= 0.3 is 6.16 Å². The summed E-state index contributed by atoms with van der Waals surface area (Å²) >= 11 is 5.87. The minimum atomic E-state index is -1.67. The number of carbonyl (C=O) groups is 1. The van der Waals surface area contributed by atoms with Crippen LogP contribution in [0, 0.1) is 5.82 Å². The lowest BCUT2D eigenvalue weighted by atomic mass is 10.2. The molecule has 0 radical (unpaired) electrons. The molecule has 2 atom stereocenters. The molecule has 1 aromatic carbocycles. The molecule has 2 aromatic rings. The minimum absolute atomic E-state index is 0.0285. The molecule has 1 aromatic heterocycles. The van der Waals surface area contributed by atoms with Crippen molar-refractivity contribution in [3.63, 3.8) is 0 Å². The van der Waals surface area contributed by atoms with Crippen molar-refractivity contribution in [2.45, 2.75) is 18.6 Å². The predicted octanol–water partition coefficient (Wildman–Crippen LogP) is 3.13. The van der Waals surface area contributed by atoms with Crippen molar-refractivity contribution in [1.29, 1.82) is 0 Å². The first-order valence-corrected chi connectivity index (χ1v) is 6.35. The van der Waals surface area contributed by atoms with Gasteiger partial charge in [-0.25, -0.2) is 13.6 Å². The Morgan fingerprint density at radius 3 is 2.71 bits per heavy atom. The zero-order valence-corrected chi connectivity index (χ0v) is 11.1. The van der Waals surface area contributed by atoms with E-state index < -0.39 is 35.4 Å². The quantitative estimate of drug-likeness (QED) is 0.864. The van der Waals surface area contributed by atoms with Crippen LogP contribution in [0.5, 0.6) is 5.75 Å². The van der Waals surface area contributed by atoms with Crippen molar-refractivity contribution in [3.05, 3.63) is 39.4 Å². The van der Waals surface area contributed by atoms with Crippen LogP contribution in [-0.4, -0.2) is 22.0 Å². The molecule has 1 saturated carbocycles. The molecule has 0 aliphatic heterocycles. The van der Waals surface area contributed by atoms with Gasteiger partial charge in [0.15, 0.2) is 5.75 Å². The molecule has 0 unspecified atom stereocenters. The number of ether oxygens (including phenoxy) is 1. The molecule has 3 rings (SSSR count). The summed E-state index contributed by atoms with van der Waals surface area (Å²) < 4.78 is 32.6. The molecule has 110 valence electrons. The van der Waals surface area contributed by atoms with Gasteiger partial charge in [0, 0.05) is 6.42 Å². The first-order chi connectivity index (χ1) is 9.90. The Kier molecular flexibility index (Phi) is 3.09. The molecule has 8 heteroatoms. The molecule has 0 bridgehead atoms. The smallest absolute Gasteiger partial charge is 0.449 e. The monoisotopic (exact) mass is 315 g/mol. The standard InChI is InChI=1S/C13H8ClF2NO4/c14-10-6(15)2-1-5-11(10)17(8-3-7(8)16)4-9(12(5)18)21-13(19)20/h1-2,4,7-8H,3H2,(H,19,20)/t7-,8+/m0/s1. The Bertz CT molecular complexity index is 820. The highest BCUT2D eigenvalue weighted by Gasteiger charge is 2.40. The summed E-state index contributed by atoms with van der Waals surface area (Å²) in [6.07, 6.45) is -1.60. The normalized spacial score (nSPS) is 20.5. The van der Waals surface area contributed by atoms with Gasteiger partial charge < -0.3 is 14.4 Å². The van der Waals surface area contributed by atoms with E-state index in [1.54, 1.807) is 0 Å². The molecule has 21 heavy (non-hydrogen) atoms. The Morgan fingerprint density at radius 2 is 2.14 bits per heavy atom. The number of aromatic nitrogens is 1. The molecule has 1 aliphatic rings. The second-order valence-corrected chi connectivity index (χ2v) is 5.05. The van der Waals surface area contributed by atoms with E-state index in [1.165, 1.54) is 10.6 Å². The van der Waals surface area contributed by atoms with Gasteiger partial charge in [0.05, 0.1) is 23.1 Å². The SMILES string of the molecule is O=C(O)Oc1cn([C@@H]2C[C@@H]2F)c2c(Cl)c(F)ccc2c1=O. The largest absolute Gasteiger partial charge is 0.511 e. The third-order valence-electron chi connectivity index (χ3n) is 3.29. The van der Waals surface area contributed by atoms with E-state index in [4.69, 9.17) is 16.7 Å². The van der Waals surface area contributed by atoms with Crippen molar-refractivity contribution in [1.82, 2.24) is 4.57 Å². The Hall–Kier alpha value is -2.15. The van der Waals surface area contributed by atoms with Gasteiger partial charge in [0.2, 0.25) is 5.43 Å². The molecule has 1 aliphatic carbocycles.